The average Bonchev–Trinajstić information content (AvgIpc) is 3.05. The highest BCUT2D eigenvalue weighted by molar-refractivity contribution is 6.46. The molecular formula is C24H26ClNO7. The fourth-order valence-electron chi connectivity index (χ4n) is 4.01. The lowest BCUT2D eigenvalue weighted by molar-refractivity contribution is -0.140. The minimum atomic E-state index is -0.950. The minimum Gasteiger partial charge on any atom is -0.507 e. The number of aliphatic hydroxyl groups is 1. The van der Waals surface area contributed by atoms with E-state index in [9.17, 15) is 14.7 Å². The number of methoxy groups -OCH3 is 4. The SMILES string of the molecule is COCCN1C(=O)C(=O)/C(=C(/O)c2cc(C)cc(Cl)c2OC)C1c1cccc(OC)c1OC. The zero-order valence-corrected chi connectivity index (χ0v) is 19.9. The maximum Gasteiger partial charge on any atom is 0.295 e. The third-order valence-electron chi connectivity index (χ3n) is 5.45. The molecule has 0 aromatic heterocycles. The van der Waals surface area contributed by atoms with Gasteiger partial charge in [-0.15, -0.1) is 0 Å². The van der Waals surface area contributed by atoms with E-state index in [4.69, 9.17) is 30.5 Å². The molecule has 1 unspecified atom stereocenters. The number of hydrogen-bond acceptors (Lipinski definition) is 7. The number of hydrogen-bond donors (Lipinski definition) is 1. The van der Waals surface area contributed by atoms with E-state index in [1.54, 1.807) is 37.3 Å². The molecule has 33 heavy (non-hydrogen) atoms. The van der Waals surface area contributed by atoms with Crippen LogP contribution in [0.1, 0.15) is 22.7 Å². The van der Waals surface area contributed by atoms with E-state index < -0.39 is 23.5 Å². The second-order valence-corrected chi connectivity index (χ2v) is 7.80. The van der Waals surface area contributed by atoms with Gasteiger partial charge in [0.2, 0.25) is 0 Å². The summed E-state index contributed by atoms with van der Waals surface area (Å²) in [6.45, 7) is 2.10. The molecule has 9 heteroatoms. The van der Waals surface area contributed by atoms with Crippen LogP contribution in [0, 0.1) is 6.92 Å². The van der Waals surface area contributed by atoms with E-state index in [0.29, 0.717) is 17.1 Å². The third kappa shape index (κ3) is 4.36. The molecule has 0 spiro atoms. The topological polar surface area (TPSA) is 94.5 Å². The van der Waals surface area contributed by atoms with Crippen LogP contribution in [0.2, 0.25) is 5.02 Å². The molecule has 1 heterocycles. The van der Waals surface area contributed by atoms with Crippen molar-refractivity contribution in [2.24, 2.45) is 0 Å². The lowest BCUT2D eigenvalue weighted by Gasteiger charge is -2.27. The molecule has 176 valence electrons. The van der Waals surface area contributed by atoms with E-state index in [1.807, 2.05) is 0 Å². The fraction of sp³-hybridized carbons (Fsp3) is 0.333. The molecule has 0 aliphatic carbocycles. The average molecular weight is 476 g/mol. The van der Waals surface area contributed by atoms with Crippen LogP contribution in [0.4, 0.5) is 0 Å². The molecule has 2 aromatic rings. The molecule has 2 aromatic carbocycles. The van der Waals surface area contributed by atoms with Crippen molar-refractivity contribution in [3.63, 3.8) is 0 Å². The van der Waals surface area contributed by atoms with Gasteiger partial charge in [-0.3, -0.25) is 9.59 Å². The quantitative estimate of drug-likeness (QED) is 0.353. The van der Waals surface area contributed by atoms with E-state index >= 15 is 0 Å². The number of ketones is 1. The first kappa shape index (κ1) is 24.4. The second-order valence-electron chi connectivity index (χ2n) is 7.40. The van der Waals surface area contributed by atoms with Crippen molar-refractivity contribution in [3.8, 4) is 17.2 Å². The van der Waals surface area contributed by atoms with E-state index in [1.165, 1.54) is 33.3 Å². The third-order valence-corrected chi connectivity index (χ3v) is 5.73. The molecule has 1 N–H and O–H groups in total. The molecular weight excluding hydrogens is 450 g/mol. The minimum absolute atomic E-state index is 0.109. The molecule has 0 radical (unpaired) electrons. The predicted molar refractivity (Wildman–Crippen MR) is 123 cm³/mol. The highest BCUT2D eigenvalue weighted by Crippen LogP contribution is 2.46. The van der Waals surface area contributed by atoms with Crippen molar-refractivity contribution in [2.75, 3.05) is 41.6 Å². The number of halogens is 1. The van der Waals surface area contributed by atoms with Gasteiger partial charge in [0.15, 0.2) is 11.5 Å². The van der Waals surface area contributed by atoms with Gasteiger partial charge in [-0.2, -0.15) is 0 Å². The normalized spacial score (nSPS) is 17.4. The number of carbonyl (C=O) groups excluding carboxylic acids is 2. The summed E-state index contributed by atoms with van der Waals surface area (Å²) in [4.78, 5) is 27.6. The Bertz CT molecular complexity index is 1110. The molecule has 1 aliphatic heterocycles. The first-order valence-corrected chi connectivity index (χ1v) is 10.5. The van der Waals surface area contributed by atoms with Crippen molar-refractivity contribution in [1.29, 1.82) is 0 Å². The molecule has 1 saturated heterocycles. The summed E-state index contributed by atoms with van der Waals surface area (Å²) >= 11 is 6.31. The monoisotopic (exact) mass is 475 g/mol. The number of Topliss-reactive ketones (excluding diaryl/α,β-unsaturated/α-hetero) is 1. The zero-order chi connectivity index (χ0) is 24.3. The number of para-hydroxylation sites is 1. The summed E-state index contributed by atoms with van der Waals surface area (Å²) in [5.41, 5.74) is 1.32. The number of carbonyl (C=O) groups is 2. The first-order valence-electron chi connectivity index (χ1n) is 10.1. The summed E-state index contributed by atoms with van der Waals surface area (Å²) in [7, 11) is 5.86. The Balaban J connectivity index is 2.34. The number of aryl methyl sites for hydroxylation is 1. The van der Waals surface area contributed by atoms with Crippen molar-refractivity contribution in [1.82, 2.24) is 4.90 Å². The van der Waals surface area contributed by atoms with Crippen LogP contribution in [-0.4, -0.2) is 63.3 Å². The molecule has 1 fully saturated rings. The summed E-state index contributed by atoms with van der Waals surface area (Å²) in [6.07, 6.45) is 0. The van der Waals surface area contributed by atoms with E-state index in [-0.39, 0.29) is 35.1 Å². The maximum atomic E-state index is 13.2. The van der Waals surface area contributed by atoms with Gasteiger partial charge in [-0.05, 0) is 30.7 Å². The Labute approximate surface area is 197 Å². The molecule has 1 aliphatic rings. The maximum absolute atomic E-state index is 13.2. The van der Waals surface area contributed by atoms with Gasteiger partial charge in [-0.1, -0.05) is 23.7 Å². The van der Waals surface area contributed by atoms with E-state index in [0.717, 1.165) is 5.56 Å². The Morgan fingerprint density at radius 3 is 2.36 bits per heavy atom. The Morgan fingerprint density at radius 1 is 1.06 bits per heavy atom. The summed E-state index contributed by atoms with van der Waals surface area (Å²) in [6, 6.07) is 7.50. The van der Waals surface area contributed by atoms with Gasteiger partial charge >= 0.3 is 0 Å². The number of benzene rings is 2. The predicted octanol–water partition coefficient (Wildman–Crippen LogP) is 3.74. The smallest absolute Gasteiger partial charge is 0.295 e. The van der Waals surface area contributed by atoms with Crippen LogP contribution >= 0.6 is 11.6 Å². The highest BCUT2D eigenvalue weighted by atomic mass is 35.5. The largest absolute Gasteiger partial charge is 0.507 e. The van der Waals surface area contributed by atoms with Crippen LogP contribution in [0.3, 0.4) is 0 Å². The standard InChI is InChI=1S/C24H26ClNO7/c1-13-11-15(22(32-4)16(25)12-13)20(27)18-19(26(9-10-30-2)24(29)21(18)28)14-7-6-8-17(31-3)23(14)33-5/h6-8,11-12,19,27H,9-10H2,1-5H3/b20-18+. The van der Waals surface area contributed by atoms with Crippen molar-refractivity contribution in [2.45, 2.75) is 13.0 Å². The molecule has 0 saturated carbocycles. The number of nitrogens with zero attached hydrogens (tertiary/aromatic N) is 1. The van der Waals surface area contributed by atoms with Crippen molar-refractivity contribution < 1.29 is 33.6 Å². The first-order chi connectivity index (χ1) is 15.8. The highest BCUT2D eigenvalue weighted by Gasteiger charge is 2.47. The summed E-state index contributed by atoms with van der Waals surface area (Å²) in [5, 5.41) is 11.6. The lowest BCUT2D eigenvalue weighted by atomic mass is 9.93. The molecule has 1 atom stereocenters. The van der Waals surface area contributed by atoms with Crippen LogP contribution < -0.4 is 14.2 Å². The Kier molecular flexibility index (Phi) is 7.50. The number of rotatable bonds is 8. The van der Waals surface area contributed by atoms with Crippen molar-refractivity contribution >= 4 is 29.1 Å². The fourth-order valence-corrected chi connectivity index (χ4v) is 4.36. The van der Waals surface area contributed by atoms with Crippen molar-refractivity contribution in [3.05, 3.63) is 57.6 Å². The van der Waals surface area contributed by atoms with Crippen LogP contribution in [0.5, 0.6) is 17.2 Å². The van der Waals surface area contributed by atoms with Gasteiger partial charge in [0, 0.05) is 19.2 Å². The zero-order valence-electron chi connectivity index (χ0n) is 19.1. The van der Waals surface area contributed by atoms with Gasteiger partial charge in [-0.25, -0.2) is 0 Å². The summed E-state index contributed by atoms with van der Waals surface area (Å²) in [5.74, 6) is -1.04. The molecule has 3 rings (SSSR count). The Hall–Kier alpha value is -3.23. The van der Waals surface area contributed by atoms with Gasteiger partial charge < -0.3 is 29.0 Å². The Morgan fingerprint density at radius 2 is 1.76 bits per heavy atom. The van der Waals surface area contributed by atoms with E-state index in [2.05, 4.69) is 0 Å². The van der Waals surface area contributed by atoms with Crippen LogP contribution in [0.15, 0.2) is 35.9 Å². The molecule has 0 bridgehead atoms. The van der Waals surface area contributed by atoms with Gasteiger partial charge in [0.1, 0.15) is 11.5 Å². The van der Waals surface area contributed by atoms with Gasteiger partial charge in [0.05, 0.1) is 50.1 Å². The van der Waals surface area contributed by atoms with Crippen LogP contribution in [-0.2, 0) is 14.3 Å². The number of amides is 1. The lowest BCUT2D eigenvalue weighted by Crippen LogP contribution is -2.32. The number of likely N-dealkylation sites (tertiary alicyclic amines) is 1. The van der Waals surface area contributed by atoms with Crippen LogP contribution in [0.25, 0.3) is 5.76 Å². The second kappa shape index (κ2) is 10.1. The molecule has 1 amide bonds. The molecule has 8 nitrogen and oxygen atoms in total. The summed E-state index contributed by atoms with van der Waals surface area (Å²) < 4.78 is 21.5. The van der Waals surface area contributed by atoms with Gasteiger partial charge in [0.25, 0.3) is 11.7 Å². The number of aliphatic hydroxyl groups excluding tert-OH is 1. The number of ether oxygens (including phenoxy) is 4.